The Kier molecular flexibility index (Phi) is 4.74. The van der Waals surface area contributed by atoms with Gasteiger partial charge in [0.1, 0.15) is 0 Å². The van der Waals surface area contributed by atoms with Crippen LogP contribution < -0.4 is 0 Å². The van der Waals surface area contributed by atoms with Gasteiger partial charge in [-0.05, 0) is 18.7 Å². The number of carbonyl (C=O) groups excluding carboxylic acids is 1. The molecule has 0 atom stereocenters. The zero-order chi connectivity index (χ0) is 10.4. The number of hydrogen-bond donors (Lipinski definition) is 0. The number of benzene rings is 1. The van der Waals surface area contributed by atoms with E-state index in [9.17, 15) is 4.79 Å². The predicted octanol–water partition coefficient (Wildman–Crippen LogP) is 3.78. The van der Waals surface area contributed by atoms with Gasteiger partial charge in [-0.25, -0.2) is 0 Å². The lowest BCUT2D eigenvalue weighted by Crippen LogP contribution is -2.00. The van der Waals surface area contributed by atoms with Gasteiger partial charge in [0.2, 0.25) is 0 Å². The summed E-state index contributed by atoms with van der Waals surface area (Å²) in [6.07, 6.45) is 4.74. The Hall–Kier alpha value is -0.760. The normalized spacial score (nSPS) is 10.1. The van der Waals surface area contributed by atoms with Gasteiger partial charge in [-0.3, -0.25) is 4.79 Å². The van der Waals surface area contributed by atoms with E-state index in [1.54, 1.807) is 11.8 Å². The summed E-state index contributed by atoms with van der Waals surface area (Å²) in [5.74, 6) is 0.275. The third kappa shape index (κ3) is 2.88. The minimum absolute atomic E-state index is 0.275. The topological polar surface area (TPSA) is 17.1 Å². The SMILES string of the molecule is CCCCC(=O)c1ccccc1SC. The Morgan fingerprint density at radius 3 is 2.71 bits per heavy atom. The lowest BCUT2D eigenvalue weighted by atomic mass is 10.1. The molecule has 0 aliphatic carbocycles. The van der Waals surface area contributed by atoms with Crippen molar-refractivity contribution < 1.29 is 4.79 Å². The Morgan fingerprint density at radius 2 is 2.07 bits per heavy atom. The third-order valence-corrected chi connectivity index (χ3v) is 2.96. The second-order valence-corrected chi connectivity index (χ2v) is 4.08. The van der Waals surface area contributed by atoms with Crippen LogP contribution >= 0.6 is 11.8 Å². The van der Waals surface area contributed by atoms with Gasteiger partial charge in [-0.1, -0.05) is 31.5 Å². The van der Waals surface area contributed by atoms with Gasteiger partial charge >= 0.3 is 0 Å². The molecule has 0 saturated carbocycles. The molecule has 1 aromatic carbocycles. The second-order valence-electron chi connectivity index (χ2n) is 3.23. The molecule has 0 aliphatic heterocycles. The number of unbranched alkanes of at least 4 members (excludes halogenated alkanes) is 1. The van der Waals surface area contributed by atoms with E-state index < -0.39 is 0 Å². The molecule has 0 radical (unpaired) electrons. The van der Waals surface area contributed by atoms with E-state index in [4.69, 9.17) is 0 Å². The zero-order valence-electron chi connectivity index (χ0n) is 8.75. The van der Waals surface area contributed by atoms with E-state index in [2.05, 4.69) is 6.92 Å². The maximum atomic E-state index is 11.8. The first-order chi connectivity index (χ1) is 6.79. The Labute approximate surface area is 89.9 Å². The average molecular weight is 208 g/mol. The van der Waals surface area contributed by atoms with Gasteiger partial charge in [0, 0.05) is 16.9 Å². The Bertz CT molecular complexity index is 307. The minimum atomic E-state index is 0.275. The molecule has 1 rings (SSSR count). The molecule has 0 fully saturated rings. The van der Waals surface area contributed by atoms with Gasteiger partial charge < -0.3 is 0 Å². The molecule has 0 spiro atoms. The average Bonchev–Trinajstić information content (AvgIpc) is 2.25. The maximum Gasteiger partial charge on any atom is 0.163 e. The number of hydrogen-bond acceptors (Lipinski definition) is 2. The Balaban J connectivity index is 2.78. The third-order valence-electron chi connectivity index (χ3n) is 2.16. The van der Waals surface area contributed by atoms with Crippen LogP contribution in [-0.4, -0.2) is 12.0 Å². The molecule has 0 amide bonds. The minimum Gasteiger partial charge on any atom is -0.294 e. The molecule has 0 aromatic heterocycles. The van der Waals surface area contributed by atoms with Gasteiger partial charge in [0.25, 0.3) is 0 Å². The number of Topliss-reactive ketones (excluding diaryl/α,β-unsaturated/α-hetero) is 1. The molecule has 0 saturated heterocycles. The van der Waals surface area contributed by atoms with Gasteiger partial charge in [0.15, 0.2) is 5.78 Å². The van der Waals surface area contributed by atoms with Crippen LogP contribution in [0.25, 0.3) is 0 Å². The summed E-state index contributed by atoms with van der Waals surface area (Å²) in [7, 11) is 0. The highest BCUT2D eigenvalue weighted by Crippen LogP contribution is 2.21. The molecule has 1 aromatic rings. The molecule has 0 heterocycles. The molecular weight excluding hydrogens is 192 g/mol. The number of ketones is 1. The summed E-state index contributed by atoms with van der Waals surface area (Å²) in [6, 6.07) is 7.83. The maximum absolute atomic E-state index is 11.8. The number of rotatable bonds is 5. The highest BCUT2D eigenvalue weighted by atomic mass is 32.2. The summed E-state index contributed by atoms with van der Waals surface area (Å²) >= 11 is 1.64. The van der Waals surface area contributed by atoms with E-state index in [1.807, 2.05) is 30.5 Å². The largest absolute Gasteiger partial charge is 0.294 e. The van der Waals surface area contributed by atoms with Crippen molar-refractivity contribution in [2.75, 3.05) is 6.26 Å². The lowest BCUT2D eigenvalue weighted by Gasteiger charge is -2.04. The van der Waals surface area contributed by atoms with Gasteiger partial charge in [0.05, 0.1) is 0 Å². The van der Waals surface area contributed by atoms with E-state index in [1.165, 1.54) is 0 Å². The predicted molar refractivity (Wildman–Crippen MR) is 62.1 cm³/mol. The highest BCUT2D eigenvalue weighted by molar-refractivity contribution is 7.98. The van der Waals surface area contributed by atoms with Crippen LogP contribution in [0.2, 0.25) is 0 Å². The molecule has 0 unspecified atom stereocenters. The molecule has 1 nitrogen and oxygen atoms in total. The Morgan fingerprint density at radius 1 is 1.36 bits per heavy atom. The van der Waals surface area contributed by atoms with Crippen molar-refractivity contribution in [3.05, 3.63) is 29.8 Å². The first kappa shape index (κ1) is 11.3. The summed E-state index contributed by atoms with van der Waals surface area (Å²) in [4.78, 5) is 12.9. The van der Waals surface area contributed by atoms with Crippen molar-refractivity contribution in [1.82, 2.24) is 0 Å². The van der Waals surface area contributed by atoms with Crippen molar-refractivity contribution in [2.45, 2.75) is 31.1 Å². The van der Waals surface area contributed by atoms with Crippen LogP contribution in [0.15, 0.2) is 29.2 Å². The first-order valence-corrected chi connectivity index (χ1v) is 6.18. The summed E-state index contributed by atoms with van der Waals surface area (Å²) in [5.41, 5.74) is 0.883. The van der Waals surface area contributed by atoms with Crippen LogP contribution in [0, 0.1) is 0 Å². The molecular formula is C12H16OS. The second kappa shape index (κ2) is 5.86. The van der Waals surface area contributed by atoms with E-state index >= 15 is 0 Å². The quantitative estimate of drug-likeness (QED) is 0.541. The molecule has 0 bridgehead atoms. The van der Waals surface area contributed by atoms with Gasteiger partial charge in [-0.15, -0.1) is 11.8 Å². The smallest absolute Gasteiger partial charge is 0.163 e. The van der Waals surface area contributed by atoms with Crippen molar-refractivity contribution in [3.63, 3.8) is 0 Å². The number of carbonyl (C=O) groups is 1. The molecule has 0 N–H and O–H groups in total. The van der Waals surface area contributed by atoms with Crippen LogP contribution in [0.3, 0.4) is 0 Å². The van der Waals surface area contributed by atoms with Crippen LogP contribution in [-0.2, 0) is 0 Å². The van der Waals surface area contributed by atoms with Crippen LogP contribution in [0.1, 0.15) is 36.5 Å². The fourth-order valence-corrected chi connectivity index (χ4v) is 1.96. The van der Waals surface area contributed by atoms with E-state index in [0.717, 1.165) is 23.3 Å². The summed E-state index contributed by atoms with van der Waals surface area (Å²) in [5, 5.41) is 0. The molecule has 0 aliphatic rings. The summed E-state index contributed by atoms with van der Waals surface area (Å²) < 4.78 is 0. The van der Waals surface area contributed by atoms with Gasteiger partial charge in [-0.2, -0.15) is 0 Å². The van der Waals surface area contributed by atoms with Crippen molar-refractivity contribution >= 4 is 17.5 Å². The van der Waals surface area contributed by atoms with Crippen molar-refractivity contribution in [1.29, 1.82) is 0 Å². The fraction of sp³-hybridized carbons (Fsp3) is 0.417. The monoisotopic (exact) mass is 208 g/mol. The summed E-state index contributed by atoms with van der Waals surface area (Å²) in [6.45, 7) is 2.10. The fourth-order valence-electron chi connectivity index (χ4n) is 1.35. The number of thioether (sulfide) groups is 1. The standard InChI is InChI=1S/C12H16OS/c1-3-4-8-11(13)10-7-5-6-9-12(10)14-2/h5-7,9H,3-4,8H2,1-2H3. The van der Waals surface area contributed by atoms with Crippen molar-refractivity contribution in [2.24, 2.45) is 0 Å². The van der Waals surface area contributed by atoms with E-state index in [0.29, 0.717) is 6.42 Å². The molecule has 14 heavy (non-hydrogen) atoms. The first-order valence-electron chi connectivity index (χ1n) is 4.95. The zero-order valence-corrected chi connectivity index (χ0v) is 9.56. The molecule has 2 heteroatoms. The highest BCUT2D eigenvalue weighted by Gasteiger charge is 2.08. The molecule has 76 valence electrons. The van der Waals surface area contributed by atoms with Crippen LogP contribution in [0.4, 0.5) is 0 Å². The van der Waals surface area contributed by atoms with E-state index in [-0.39, 0.29) is 5.78 Å². The lowest BCUT2D eigenvalue weighted by molar-refractivity contribution is 0.0977. The van der Waals surface area contributed by atoms with Crippen molar-refractivity contribution in [3.8, 4) is 0 Å². The van der Waals surface area contributed by atoms with Crippen LogP contribution in [0.5, 0.6) is 0 Å².